The maximum atomic E-state index is 14.4. The van der Waals surface area contributed by atoms with Gasteiger partial charge in [0.1, 0.15) is 5.82 Å². The molecular formula is C22H15FN4O. The van der Waals surface area contributed by atoms with Crippen LogP contribution >= 0.6 is 0 Å². The third-order valence-corrected chi connectivity index (χ3v) is 4.81. The summed E-state index contributed by atoms with van der Waals surface area (Å²) in [7, 11) is 0. The van der Waals surface area contributed by atoms with Crippen LogP contribution in [0.4, 0.5) is 4.39 Å². The molecule has 1 aliphatic rings. The van der Waals surface area contributed by atoms with Gasteiger partial charge in [-0.15, -0.1) is 0 Å². The van der Waals surface area contributed by atoms with Gasteiger partial charge in [0, 0.05) is 46.5 Å². The van der Waals surface area contributed by atoms with E-state index in [0.717, 1.165) is 32.0 Å². The number of pyridine rings is 3. The number of halogens is 1. The van der Waals surface area contributed by atoms with Crippen molar-refractivity contribution in [2.24, 2.45) is 0 Å². The van der Waals surface area contributed by atoms with Crippen molar-refractivity contribution in [2.45, 2.75) is 0 Å². The fourth-order valence-electron chi connectivity index (χ4n) is 3.52. The summed E-state index contributed by atoms with van der Waals surface area (Å²) in [6.07, 6.45) is 8.75. The van der Waals surface area contributed by atoms with Crippen molar-refractivity contribution in [3.63, 3.8) is 0 Å². The van der Waals surface area contributed by atoms with Crippen molar-refractivity contribution in [3.8, 4) is 22.4 Å². The number of benzene rings is 1. The highest BCUT2D eigenvalue weighted by Crippen LogP contribution is 2.30. The van der Waals surface area contributed by atoms with E-state index in [9.17, 15) is 9.60 Å². The SMILES string of the molecule is ON1C=c2cncc(-c3cc(-c4ccccc4F)nc4ncccc34)c2=CC1. The minimum Gasteiger partial charge on any atom is -0.289 e. The number of fused-ring (bicyclic) bond motifs is 2. The lowest BCUT2D eigenvalue weighted by molar-refractivity contribution is -0.00625. The predicted molar refractivity (Wildman–Crippen MR) is 105 cm³/mol. The number of hydroxylamine groups is 2. The molecule has 1 aromatic carbocycles. The molecule has 3 aromatic heterocycles. The molecule has 0 radical (unpaired) electrons. The average molecular weight is 370 g/mol. The minimum atomic E-state index is -0.333. The monoisotopic (exact) mass is 370 g/mol. The van der Waals surface area contributed by atoms with E-state index in [2.05, 4.69) is 15.0 Å². The van der Waals surface area contributed by atoms with E-state index in [1.807, 2.05) is 24.3 Å². The zero-order valence-corrected chi connectivity index (χ0v) is 14.7. The van der Waals surface area contributed by atoms with Crippen molar-refractivity contribution in [3.05, 3.63) is 77.3 Å². The summed E-state index contributed by atoms with van der Waals surface area (Å²) >= 11 is 0. The zero-order valence-electron chi connectivity index (χ0n) is 14.7. The van der Waals surface area contributed by atoms with Gasteiger partial charge in [0.15, 0.2) is 5.65 Å². The summed E-state index contributed by atoms with van der Waals surface area (Å²) in [4.78, 5) is 13.3. The van der Waals surface area contributed by atoms with Crippen molar-refractivity contribution in [1.82, 2.24) is 20.0 Å². The van der Waals surface area contributed by atoms with Crippen LogP contribution in [0.3, 0.4) is 0 Å². The number of hydrogen-bond acceptors (Lipinski definition) is 5. The lowest BCUT2D eigenvalue weighted by atomic mass is 9.98. The van der Waals surface area contributed by atoms with Crippen LogP contribution < -0.4 is 10.4 Å². The molecule has 0 aliphatic carbocycles. The zero-order chi connectivity index (χ0) is 19.1. The van der Waals surface area contributed by atoms with Gasteiger partial charge in [-0.3, -0.25) is 15.3 Å². The Morgan fingerprint density at radius 1 is 1.00 bits per heavy atom. The molecule has 1 aliphatic heterocycles. The van der Waals surface area contributed by atoms with Crippen LogP contribution in [0.5, 0.6) is 0 Å². The van der Waals surface area contributed by atoms with Gasteiger partial charge in [-0.1, -0.05) is 18.2 Å². The van der Waals surface area contributed by atoms with E-state index in [1.54, 1.807) is 43.0 Å². The van der Waals surface area contributed by atoms with E-state index in [4.69, 9.17) is 0 Å². The summed E-state index contributed by atoms with van der Waals surface area (Å²) in [5, 5.41) is 13.5. The molecule has 0 unspecified atom stereocenters. The van der Waals surface area contributed by atoms with Crippen molar-refractivity contribution in [2.75, 3.05) is 6.54 Å². The first-order valence-electron chi connectivity index (χ1n) is 8.83. The highest BCUT2D eigenvalue weighted by atomic mass is 19.1. The summed E-state index contributed by atoms with van der Waals surface area (Å²) in [5.41, 5.74) is 3.24. The van der Waals surface area contributed by atoms with Gasteiger partial charge in [-0.25, -0.2) is 14.4 Å². The molecule has 28 heavy (non-hydrogen) atoms. The molecule has 0 saturated carbocycles. The molecule has 4 heterocycles. The first-order valence-corrected chi connectivity index (χ1v) is 8.83. The Balaban J connectivity index is 1.86. The number of aromatic nitrogens is 3. The van der Waals surface area contributed by atoms with E-state index in [1.165, 1.54) is 6.07 Å². The standard InChI is InChI=1S/C22H15FN4O/c23-20-6-2-1-4-17(20)21-10-18(16-5-3-8-25-22(16)26-21)19-12-24-11-14-13-27(28)9-7-15(14)19/h1-8,10-13,28H,9H2. The molecule has 4 aromatic rings. The van der Waals surface area contributed by atoms with Crippen LogP contribution in [0.15, 0.2) is 61.1 Å². The molecule has 0 atom stereocenters. The first-order chi connectivity index (χ1) is 13.7. The van der Waals surface area contributed by atoms with Gasteiger partial charge in [-0.05, 0) is 41.1 Å². The largest absolute Gasteiger partial charge is 0.289 e. The van der Waals surface area contributed by atoms with Crippen LogP contribution in [-0.4, -0.2) is 31.8 Å². The van der Waals surface area contributed by atoms with Gasteiger partial charge in [-0.2, -0.15) is 0 Å². The second-order valence-electron chi connectivity index (χ2n) is 6.55. The van der Waals surface area contributed by atoms with Gasteiger partial charge in [0.25, 0.3) is 0 Å². The molecule has 0 fully saturated rings. The van der Waals surface area contributed by atoms with E-state index in [0.29, 0.717) is 23.4 Å². The Hall–Kier alpha value is -3.64. The molecule has 1 N–H and O–H groups in total. The third kappa shape index (κ3) is 2.71. The highest BCUT2D eigenvalue weighted by molar-refractivity contribution is 5.95. The van der Waals surface area contributed by atoms with E-state index in [-0.39, 0.29) is 5.82 Å². The second kappa shape index (κ2) is 6.51. The fourth-order valence-corrected chi connectivity index (χ4v) is 3.52. The van der Waals surface area contributed by atoms with Crippen LogP contribution in [0.2, 0.25) is 0 Å². The van der Waals surface area contributed by atoms with Crippen LogP contribution in [0.25, 0.3) is 45.7 Å². The fraction of sp³-hybridized carbons (Fsp3) is 0.0455. The van der Waals surface area contributed by atoms with Gasteiger partial charge < -0.3 is 0 Å². The Morgan fingerprint density at radius 3 is 2.79 bits per heavy atom. The van der Waals surface area contributed by atoms with Crippen LogP contribution in [-0.2, 0) is 0 Å². The molecule has 5 nitrogen and oxygen atoms in total. The molecule has 0 bridgehead atoms. The summed E-state index contributed by atoms with van der Waals surface area (Å²) in [6.45, 7) is 0.380. The summed E-state index contributed by atoms with van der Waals surface area (Å²) in [5.74, 6) is -0.333. The van der Waals surface area contributed by atoms with Crippen molar-refractivity contribution >= 4 is 23.3 Å². The molecular weight excluding hydrogens is 355 g/mol. The summed E-state index contributed by atoms with van der Waals surface area (Å²) < 4.78 is 14.4. The second-order valence-corrected chi connectivity index (χ2v) is 6.55. The smallest absolute Gasteiger partial charge is 0.160 e. The Labute approximate surface area is 159 Å². The normalized spacial score (nSPS) is 13.0. The highest BCUT2D eigenvalue weighted by Gasteiger charge is 2.14. The average Bonchev–Trinajstić information content (AvgIpc) is 2.72. The summed E-state index contributed by atoms with van der Waals surface area (Å²) in [6, 6.07) is 12.2. The molecule has 0 saturated heterocycles. The minimum absolute atomic E-state index is 0.333. The number of rotatable bonds is 2. The van der Waals surface area contributed by atoms with E-state index >= 15 is 0 Å². The van der Waals surface area contributed by atoms with Crippen molar-refractivity contribution in [1.29, 1.82) is 0 Å². The Morgan fingerprint density at radius 2 is 1.89 bits per heavy atom. The molecule has 0 amide bonds. The predicted octanol–water partition coefficient (Wildman–Crippen LogP) is 2.72. The Bertz CT molecular complexity index is 1340. The molecule has 0 spiro atoms. The molecule has 6 heteroatoms. The topological polar surface area (TPSA) is 62.1 Å². The Kier molecular flexibility index (Phi) is 3.84. The van der Waals surface area contributed by atoms with Crippen LogP contribution in [0, 0.1) is 5.82 Å². The van der Waals surface area contributed by atoms with Gasteiger partial charge in [0.05, 0.1) is 12.2 Å². The lowest BCUT2D eigenvalue weighted by Gasteiger charge is -2.15. The van der Waals surface area contributed by atoms with Crippen LogP contribution in [0.1, 0.15) is 0 Å². The first kappa shape index (κ1) is 16.5. The molecule has 136 valence electrons. The quantitative estimate of drug-likeness (QED) is 0.588. The van der Waals surface area contributed by atoms with E-state index < -0.39 is 0 Å². The van der Waals surface area contributed by atoms with Crippen molar-refractivity contribution < 1.29 is 9.60 Å². The maximum Gasteiger partial charge on any atom is 0.160 e. The van der Waals surface area contributed by atoms with Gasteiger partial charge >= 0.3 is 0 Å². The third-order valence-electron chi connectivity index (χ3n) is 4.81. The van der Waals surface area contributed by atoms with Gasteiger partial charge in [0.2, 0.25) is 0 Å². The number of nitrogens with zero attached hydrogens (tertiary/aromatic N) is 4. The molecule has 5 rings (SSSR count). The lowest BCUT2D eigenvalue weighted by Crippen LogP contribution is -2.35. The maximum absolute atomic E-state index is 14.4. The number of hydrogen-bond donors (Lipinski definition) is 1.